The van der Waals surface area contributed by atoms with Crippen LogP contribution in [0.5, 0.6) is 0 Å². The van der Waals surface area contributed by atoms with Crippen molar-refractivity contribution in [3.05, 3.63) is 94.5 Å². The molecule has 3 aromatic carbocycles. The van der Waals surface area contributed by atoms with Crippen molar-refractivity contribution in [2.24, 2.45) is 0 Å². The Morgan fingerprint density at radius 1 is 0.946 bits per heavy atom. The van der Waals surface area contributed by atoms with Gasteiger partial charge in [-0.2, -0.15) is 0 Å². The summed E-state index contributed by atoms with van der Waals surface area (Å²) in [5.74, 6) is -0.869. The quantitative estimate of drug-likeness (QED) is 0.364. The van der Waals surface area contributed by atoms with Crippen molar-refractivity contribution in [2.45, 2.75) is 31.2 Å². The first kappa shape index (κ1) is 28.5. The number of carbonyl (C=O) groups is 2. The Morgan fingerprint density at radius 2 is 1.57 bits per heavy atom. The van der Waals surface area contributed by atoms with Crippen LogP contribution in [0.1, 0.15) is 19.4 Å². The third kappa shape index (κ3) is 7.25. The third-order valence-corrected chi connectivity index (χ3v) is 8.10. The monoisotopic (exact) mass is 561 g/mol. The predicted octanol–water partition coefficient (Wildman–Crippen LogP) is 4.78. The van der Waals surface area contributed by atoms with Gasteiger partial charge in [0.1, 0.15) is 12.6 Å². The van der Waals surface area contributed by atoms with Crippen molar-refractivity contribution >= 4 is 50.7 Å². The van der Waals surface area contributed by atoms with Gasteiger partial charge in [0.15, 0.2) is 0 Å². The number of likely N-dealkylation sites (N-methyl/N-ethyl adjacent to an activating group) is 1. The van der Waals surface area contributed by atoms with E-state index in [4.69, 9.17) is 23.2 Å². The van der Waals surface area contributed by atoms with Crippen molar-refractivity contribution in [2.75, 3.05) is 23.9 Å². The number of halogens is 2. The minimum Gasteiger partial charge on any atom is -0.355 e. The normalized spacial score (nSPS) is 12.0. The SMILES string of the molecule is CCNC(=O)[C@@H](C)N(CCc1ccccc1)C(=O)CN(c1ccc(Cl)cc1Cl)S(=O)(=O)c1ccccc1. The lowest BCUT2D eigenvalue weighted by Gasteiger charge is -2.32. The summed E-state index contributed by atoms with van der Waals surface area (Å²) in [6, 6.07) is 20.9. The van der Waals surface area contributed by atoms with Gasteiger partial charge in [0.05, 0.1) is 15.6 Å². The van der Waals surface area contributed by atoms with Crippen LogP contribution in [0, 0.1) is 0 Å². The highest BCUT2D eigenvalue weighted by Crippen LogP contribution is 2.32. The molecule has 0 aliphatic rings. The van der Waals surface area contributed by atoms with Gasteiger partial charge in [-0.25, -0.2) is 8.42 Å². The average Bonchev–Trinajstić information content (AvgIpc) is 2.89. The largest absolute Gasteiger partial charge is 0.355 e. The molecule has 0 aliphatic heterocycles. The molecule has 10 heteroatoms. The summed E-state index contributed by atoms with van der Waals surface area (Å²) in [6.45, 7) is 3.47. The molecule has 0 aliphatic carbocycles. The van der Waals surface area contributed by atoms with Gasteiger partial charge in [0.2, 0.25) is 11.8 Å². The molecule has 196 valence electrons. The van der Waals surface area contributed by atoms with Crippen molar-refractivity contribution in [3.63, 3.8) is 0 Å². The number of benzene rings is 3. The van der Waals surface area contributed by atoms with Gasteiger partial charge in [0, 0.05) is 18.1 Å². The van der Waals surface area contributed by atoms with Crippen LogP contribution in [0.4, 0.5) is 5.69 Å². The van der Waals surface area contributed by atoms with Gasteiger partial charge in [-0.1, -0.05) is 71.7 Å². The van der Waals surface area contributed by atoms with Crippen LogP contribution in [0.25, 0.3) is 0 Å². The fourth-order valence-electron chi connectivity index (χ4n) is 3.81. The molecule has 0 saturated carbocycles. The summed E-state index contributed by atoms with van der Waals surface area (Å²) in [7, 11) is -4.18. The van der Waals surface area contributed by atoms with E-state index >= 15 is 0 Å². The lowest BCUT2D eigenvalue weighted by molar-refractivity contribution is -0.138. The Balaban J connectivity index is 1.99. The summed E-state index contributed by atoms with van der Waals surface area (Å²) in [6.07, 6.45) is 0.490. The molecular formula is C27H29Cl2N3O4S. The summed E-state index contributed by atoms with van der Waals surface area (Å²) in [5.41, 5.74) is 1.09. The number of carbonyl (C=O) groups excluding carboxylic acids is 2. The van der Waals surface area contributed by atoms with Gasteiger partial charge < -0.3 is 10.2 Å². The topological polar surface area (TPSA) is 86.8 Å². The first-order valence-corrected chi connectivity index (χ1v) is 14.0. The molecule has 0 heterocycles. The Kier molecular flexibility index (Phi) is 9.97. The summed E-state index contributed by atoms with van der Waals surface area (Å²) in [5, 5.41) is 3.14. The fraction of sp³-hybridized carbons (Fsp3) is 0.259. The van der Waals surface area contributed by atoms with Gasteiger partial charge in [-0.15, -0.1) is 0 Å². The molecule has 0 bridgehead atoms. The number of anilines is 1. The highest BCUT2D eigenvalue weighted by atomic mass is 35.5. The second kappa shape index (κ2) is 12.9. The Morgan fingerprint density at radius 3 is 2.16 bits per heavy atom. The molecule has 3 rings (SSSR count). The molecule has 0 aromatic heterocycles. The second-order valence-corrected chi connectivity index (χ2v) is 11.0. The zero-order valence-corrected chi connectivity index (χ0v) is 22.9. The van der Waals surface area contributed by atoms with Gasteiger partial charge in [0.25, 0.3) is 10.0 Å². The molecule has 1 atom stereocenters. The number of nitrogens with one attached hydrogen (secondary N) is 1. The second-order valence-electron chi connectivity index (χ2n) is 8.31. The van der Waals surface area contributed by atoms with Crippen molar-refractivity contribution in [1.29, 1.82) is 0 Å². The fourth-order valence-corrected chi connectivity index (χ4v) is 5.82. The summed E-state index contributed by atoms with van der Waals surface area (Å²) >= 11 is 12.4. The lowest BCUT2D eigenvalue weighted by atomic mass is 10.1. The third-order valence-electron chi connectivity index (χ3n) is 5.79. The van der Waals surface area contributed by atoms with E-state index in [0.717, 1.165) is 9.87 Å². The predicted molar refractivity (Wildman–Crippen MR) is 147 cm³/mol. The molecule has 0 radical (unpaired) electrons. The van der Waals surface area contributed by atoms with Gasteiger partial charge in [-0.3, -0.25) is 13.9 Å². The molecule has 37 heavy (non-hydrogen) atoms. The highest BCUT2D eigenvalue weighted by Gasteiger charge is 2.33. The van der Waals surface area contributed by atoms with Crippen LogP contribution in [0.2, 0.25) is 10.0 Å². The number of hydrogen-bond donors (Lipinski definition) is 1. The van der Waals surface area contributed by atoms with Crippen LogP contribution >= 0.6 is 23.2 Å². The van der Waals surface area contributed by atoms with Crippen LogP contribution < -0.4 is 9.62 Å². The van der Waals surface area contributed by atoms with Gasteiger partial charge >= 0.3 is 0 Å². The van der Waals surface area contributed by atoms with E-state index in [1.165, 1.54) is 35.2 Å². The molecular weight excluding hydrogens is 533 g/mol. The number of rotatable bonds is 11. The first-order valence-electron chi connectivity index (χ1n) is 11.8. The molecule has 3 aromatic rings. The van der Waals surface area contributed by atoms with E-state index in [2.05, 4.69) is 5.32 Å². The van der Waals surface area contributed by atoms with Crippen LogP contribution in [-0.2, 0) is 26.0 Å². The molecule has 0 saturated heterocycles. The van der Waals surface area contributed by atoms with E-state index in [1.807, 2.05) is 30.3 Å². The summed E-state index contributed by atoms with van der Waals surface area (Å²) in [4.78, 5) is 27.8. The van der Waals surface area contributed by atoms with E-state index in [-0.39, 0.29) is 28.1 Å². The molecule has 0 fully saturated rings. The van der Waals surface area contributed by atoms with E-state index < -0.39 is 28.5 Å². The van der Waals surface area contributed by atoms with E-state index in [9.17, 15) is 18.0 Å². The van der Waals surface area contributed by atoms with Gasteiger partial charge in [-0.05, 0) is 56.2 Å². The molecule has 0 unspecified atom stereocenters. The summed E-state index contributed by atoms with van der Waals surface area (Å²) < 4.78 is 28.4. The maximum absolute atomic E-state index is 13.7. The molecule has 0 spiro atoms. The highest BCUT2D eigenvalue weighted by molar-refractivity contribution is 7.92. The van der Waals surface area contributed by atoms with E-state index in [0.29, 0.717) is 18.0 Å². The molecule has 7 nitrogen and oxygen atoms in total. The Bertz CT molecular complexity index is 1320. The van der Waals surface area contributed by atoms with Crippen LogP contribution in [0.3, 0.4) is 0 Å². The first-order chi connectivity index (χ1) is 17.6. The van der Waals surface area contributed by atoms with Crippen molar-refractivity contribution in [3.8, 4) is 0 Å². The smallest absolute Gasteiger partial charge is 0.264 e. The van der Waals surface area contributed by atoms with Crippen LogP contribution in [-0.4, -0.2) is 50.8 Å². The number of nitrogens with zero attached hydrogens (tertiary/aromatic N) is 2. The molecule has 1 N–H and O–H groups in total. The zero-order chi connectivity index (χ0) is 27.0. The zero-order valence-electron chi connectivity index (χ0n) is 20.6. The number of sulfonamides is 1. The minimum absolute atomic E-state index is 0.00132. The number of hydrogen-bond acceptors (Lipinski definition) is 4. The van der Waals surface area contributed by atoms with Crippen molar-refractivity contribution < 1.29 is 18.0 Å². The maximum Gasteiger partial charge on any atom is 0.264 e. The van der Waals surface area contributed by atoms with E-state index in [1.54, 1.807) is 32.0 Å². The average molecular weight is 563 g/mol. The van der Waals surface area contributed by atoms with Crippen molar-refractivity contribution in [1.82, 2.24) is 10.2 Å². The standard InChI is InChI=1S/C27H29Cl2N3O4S/c1-3-30-27(34)20(2)31(17-16-21-10-6-4-7-11-21)26(33)19-32(25-15-14-22(28)18-24(25)29)37(35,36)23-12-8-5-9-13-23/h4-15,18,20H,3,16-17,19H2,1-2H3,(H,30,34)/t20-/m1/s1. The Hall–Kier alpha value is -3.07. The maximum atomic E-state index is 13.7. The Labute approximate surface area is 228 Å². The molecule has 2 amide bonds. The number of amides is 2. The van der Waals surface area contributed by atoms with Crippen LogP contribution in [0.15, 0.2) is 83.8 Å². The lowest BCUT2D eigenvalue weighted by Crippen LogP contribution is -2.52. The minimum atomic E-state index is -4.18.